The van der Waals surface area contributed by atoms with Crippen LogP contribution in [0.3, 0.4) is 0 Å². The second-order valence-corrected chi connectivity index (χ2v) is 6.12. The second-order valence-electron chi connectivity index (χ2n) is 5.69. The minimum Gasteiger partial charge on any atom is -0.341 e. The minimum atomic E-state index is -0.471. The van der Waals surface area contributed by atoms with Crippen LogP contribution in [-0.4, -0.2) is 61.0 Å². The number of amides is 3. The fourth-order valence-electron chi connectivity index (χ4n) is 2.65. The van der Waals surface area contributed by atoms with Gasteiger partial charge in [0.1, 0.15) is 0 Å². The third kappa shape index (κ3) is 5.20. The molecular weight excluding hydrogens is 316 g/mol. The summed E-state index contributed by atoms with van der Waals surface area (Å²) in [5.74, 6) is -0.271. The van der Waals surface area contributed by atoms with Crippen LogP contribution in [0.4, 0.5) is 4.79 Å². The summed E-state index contributed by atoms with van der Waals surface area (Å²) in [6.07, 6.45) is 0. The molecule has 0 aromatic heterocycles. The first kappa shape index (κ1) is 17.7. The highest BCUT2D eigenvalue weighted by Gasteiger charge is 2.26. The highest BCUT2D eigenvalue weighted by Crippen LogP contribution is 2.14. The number of rotatable bonds is 4. The maximum absolute atomic E-state index is 12.0. The van der Waals surface area contributed by atoms with E-state index in [9.17, 15) is 9.59 Å². The molecule has 1 unspecified atom stereocenters. The van der Waals surface area contributed by atoms with Crippen LogP contribution in [0.2, 0.25) is 5.02 Å². The monoisotopic (exact) mass is 338 g/mol. The van der Waals surface area contributed by atoms with Crippen LogP contribution >= 0.6 is 11.6 Å². The lowest BCUT2D eigenvalue weighted by Crippen LogP contribution is -2.55. The van der Waals surface area contributed by atoms with E-state index in [1.807, 2.05) is 25.1 Å². The molecule has 126 valence electrons. The fraction of sp³-hybridized carbons (Fsp3) is 0.500. The molecule has 7 heteroatoms. The van der Waals surface area contributed by atoms with Gasteiger partial charge in [-0.05, 0) is 24.6 Å². The number of halogens is 1. The van der Waals surface area contributed by atoms with Crippen LogP contribution in [0, 0.1) is 0 Å². The zero-order chi connectivity index (χ0) is 16.8. The van der Waals surface area contributed by atoms with Crippen molar-refractivity contribution in [2.24, 2.45) is 0 Å². The topological polar surface area (TPSA) is 64.7 Å². The highest BCUT2D eigenvalue weighted by atomic mass is 35.5. The lowest BCUT2D eigenvalue weighted by molar-refractivity contribution is -0.125. The molecule has 1 aliphatic rings. The number of hydrogen-bond donors (Lipinski definition) is 2. The van der Waals surface area contributed by atoms with Crippen molar-refractivity contribution in [2.45, 2.75) is 19.5 Å². The molecule has 2 rings (SSSR count). The number of benzene rings is 1. The van der Waals surface area contributed by atoms with Crippen LogP contribution in [0.5, 0.6) is 0 Å². The molecule has 1 heterocycles. The first-order chi connectivity index (χ1) is 11.0. The van der Waals surface area contributed by atoms with Gasteiger partial charge in [-0.2, -0.15) is 0 Å². The van der Waals surface area contributed by atoms with E-state index in [4.69, 9.17) is 11.6 Å². The highest BCUT2D eigenvalue weighted by molar-refractivity contribution is 6.30. The lowest BCUT2D eigenvalue weighted by atomic mass is 10.1. The fourth-order valence-corrected chi connectivity index (χ4v) is 2.86. The van der Waals surface area contributed by atoms with Gasteiger partial charge < -0.3 is 5.32 Å². The number of carbonyl (C=O) groups is 2. The summed E-state index contributed by atoms with van der Waals surface area (Å²) in [7, 11) is 1.49. The summed E-state index contributed by atoms with van der Waals surface area (Å²) in [5.41, 5.74) is 1.19. The smallest absolute Gasteiger partial charge is 0.321 e. The van der Waals surface area contributed by atoms with Crippen LogP contribution in [0.15, 0.2) is 24.3 Å². The molecule has 1 atom stereocenters. The SMILES string of the molecule is CNC(=O)NC(=O)C(C)N1CCN(Cc2cccc(Cl)c2)CC1. The molecule has 0 saturated carbocycles. The second kappa shape index (κ2) is 8.29. The molecule has 0 bridgehead atoms. The summed E-state index contributed by atoms with van der Waals surface area (Å²) in [6, 6.07) is 7.09. The van der Waals surface area contributed by atoms with Gasteiger partial charge in [0.05, 0.1) is 6.04 Å². The molecule has 23 heavy (non-hydrogen) atoms. The predicted octanol–water partition coefficient (Wildman–Crippen LogP) is 1.30. The Hall–Kier alpha value is -1.63. The number of imide groups is 1. The first-order valence-corrected chi connectivity index (χ1v) is 8.11. The van der Waals surface area contributed by atoms with E-state index in [-0.39, 0.29) is 11.9 Å². The van der Waals surface area contributed by atoms with Gasteiger partial charge in [0.25, 0.3) is 0 Å². The van der Waals surface area contributed by atoms with Crippen LogP contribution < -0.4 is 10.6 Å². The van der Waals surface area contributed by atoms with Crippen molar-refractivity contribution in [3.8, 4) is 0 Å². The summed E-state index contributed by atoms with van der Waals surface area (Å²) in [5, 5.41) is 5.46. The number of nitrogens with zero attached hydrogens (tertiary/aromatic N) is 2. The summed E-state index contributed by atoms with van der Waals surface area (Å²) in [6.45, 7) is 6.03. The van der Waals surface area contributed by atoms with Crippen molar-refractivity contribution < 1.29 is 9.59 Å². The molecule has 2 N–H and O–H groups in total. The Morgan fingerprint density at radius 3 is 2.57 bits per heavy atom. The number of urea groups is 1. The van der Waals surface area contributed by atoms with Crippen molar-refractivity contribution in [2.75, 3.05) is 33.2 Å². The van der Waals surface area contributed by atoms with Gasteiger partial charge in [0, 0.05) is 44.8 Å². The van der Waals surface area contributed by atoms with Crippen LogP contribution in [0.1, 0.15) is 12.5 Å². The van der Waals surface area contributed by atoms with Crippen molar-refractivity contribution in [1.82, 2.24) is 20.4 Å². The molecule has 3 amide bonds. The normalized spacial score (nSPS) is 17.5. The lowest BCUT2D eigenvalue weighted by Gasteiger charge is -2.37. The molecule has 0 aliphatic carbocycles. The van der Waals surface area contributed by atoms with E-state index in [1.54, 1.807) is 0 Å². The molecule has 0 radical (unpaired) electrons. The van der Waals surface area contributed by atoms with Gasteiger partial charge in [0.15, 0.2) is 0 Å². The molecule has 1 aromatic carbocycles. The van der Waals surface area contributed by atoms with Crippen molar-refractivity contribution in [3.05, 3.63) is 34.9 Å². The maximum atomic E-state index is 12.0. The number of carbonyl (C=O) groups excluding carboxylic acids is 2. The van der Waals surface area contributed by atoms with Gasteiger partial charge in [-0.1, -0.05) is 23.7 Å². The first-order valence-electron chi connectivity index (χ1n) is 7.73. The van der Waals surface area contributed by atoms with E-state index in [2.05, 4.69) is 26.5 Å². The van der Waals surface area contributed by atoms with Crippen LogP contribution in [-0.2, 0) is 11.3 Å². The number of hydrogen-bond acceptors (Lipinski definition) is 4. The van der Waals surface area contributed by atoms with Crippen molar-refractivity contribution in [3.63, 3.8) is 0 Å². The van der Waals surface area contributed by atoms with Gasteiger partial charge >= 0.3 is 6.03 Å². The third-order valence-electron chi connectivity index (χ3n) is 4.09. The third-order valence-corrected chi connectivity index (χ3v) is 4.33. The molecule has 1 saturated heterocycles. The molecule has 0 spiro atoms. The van der Waals surface area contributed by atoms with E-state index < -0.39 is 6.03 Å². The van der Waals surface area contributed by atoms with Gasteiger partial charge in [-0.3, -0.25) is 19.9 Å². The Morgan fingerprint density at radius 2 is 1.96 bits per heavy atom. The van der Waals surface area contributed by atoms with E-state index in [0.29, 0.717) is 0 Å². The molecule has 6 nitrogen and oxygen atoms in total. The molecule has 1 aliphatic heterocycles. The zero-order valence-corrected chi connectivity index (χ0v) is 14.3. The van der Waals surface area contributed by atoms with Crippen molar-refractivity contribution in [1.29, 1.82) is 0 Å². The van der Waals surface area contributed by atoms with Gasteiger partial charge in [-0.15, -0.1) is 0 Å². The average molecular weight is 339 g/mol. The average Bonchev–Trinajstić information content (AvgIpc) is 2.54. The Labute approximate surface area is 141 Å². The maximum Gasteiger partial charge on any atom is 0.321 e. The van der Waals surface area contributed by atoms with E-state index >= 15 is 0 Å². The summed E-state index contributed by atoms with van der Waals surface area (Å²) in [4.78, 5) is 27.6. The predicted molar refractivity (Wildman–Crippen MR) is 90.4 cm³/mol. The van der Waals surface area contributed by atoms with E-state index in [1.165, 1.54) is 12.6 Å². The van der Waals surface area contributed by atoms with Gasteiger partial charge in [0.2, 0.25) is 5.91 Å². The quantitative estimate of drug-likeness (QED) is 0.868. The summed E-state index contributed by atoms with van der Waals surface area (Å²) >= 11 is 6.01. The largest absolute Gasteiger partial charge is 0.341 e. The number of piperazine rings is 1. The van der Waals surface area contributed by atoms with Crippen molar-refractivity contribution >= 4 is 23.5 Å². The van der Waals surface area contributed by atoms with Gasteiger partial charge in [-0.25, -0.2) is 4.79 Å². The minimum absolute atomic E-state index is 0.271. The van der Waals surface area contributed by atoms with E-state index in [0.717, 1.165) is 37.7 Å². The molecule has 1 fully saturated rings. The molecule has 1 aromatic rings. The summed E-state index contributed by atoms with van der Waals surface area (Å²) < 4.78 is 0. The Balaban J connectivity index is 1.81. The standard InChI is InChI=1S/C16H23ClN4O2/c1-12(15(22)19-16(23)18-2)21-8-6-20(7-9-21)11-13-4-3-5-14(17)10-13/h3-5,10,12H,6-9,11H2,1-2H3,(H2,18,19,22,23). The zero-order valence-electron chi connectivity index (χ0n) is 13.5. The van der Waals surface area contributed by atoms with Crippen LogP contribution in [0.25, 0.3) is 0 Å². The Kier molecular flexibility index (Phi) is 6.38. The molecular formula is C16H23ClN4O2. The Morgan fingerprint density at radius 1 is 1.26 bits per heavy atom. The Bertz CT molecular complexity index is 559. The number of nitrogens with one attached hydrogen (secondary N) is 2.